The van der Waals surface area contributed by atoms with E-state index in [4.69, 9.17) is 10.6 Å². The molecule has 0 aromatic rings. The summed E-state index contributed by atoms with van der Waals surface area (Å²) >= 11 is 0. The topological polar surface area (TPSA) is 56.5 Å². The number of hydrogen-bond acceptors (Lipinski definition) is 4. The first kappa shape index (κ1) is 8.84. The summed E-state index contributed by atoms with van der Waals surface area (Å²) in [6.45, 7) is 2.66. The molecule has 0 bridgehead atoms. The molecule has 0 heterocycles. The number of methoxy groups -OCH3 is 1. The van der Waals surface area contributed by atoms with Gasteiger partial charge < -0.3 is 4.74 Å². The van der Waals surface area contributed by atoms with Crippen LogP contribution in [0.1, 0.15) is 13.3 Å². The van der Waals surface area contributed by atoms with Crippen LogP contribution in [0.15, 0.2) is 0 Å². The highest BCUT2D eigenvalue weighted by molar-refractivity contribution is 4.52. The summed E-state index contributed by atoms with van der Waals surface area (Å²) in [7, 11) is 1.66. The molecule has 0 rings (SSSR count). The number of nitrogens with one attached hydrogen (secondary N) is 1. The lowest BCUT2D eigenvalue weighted by Gasteiger charge is -2.11. The summed E-state index contributed by atoms with van der Waals surface area (Å²) in [5.41, 5.74) is 2.50. The summed E-state index contributed by atoms with van der Waals surface area (Å²) < 4.78 is 5.00. The van der Waals surface area contributed by atoms with Gasteiger partial charge in [-0.2, -0.15) is 11.4 Å². The van der Waals surface area contributed by atoms with Crippen molar-refractivity contribution in [3.63, 3.8) is 0 Å². The lowest BCUT2D eigenvalue weighted by Crippen LogP contribution is -2.29. The van der Waals surface area contributed by atoms with E-state index < -0.39 is 0 Å². The minimum absolute atomic E-state index is 0.188. The number of hydroxylamine groups is 1. The first-order valence-corrected chi connectivity index (χ1v) is 2.96. The number of rotatable bonds is 5. The molecule has 0 fully saturated rings. The molecule has 4 heteroatoms. The van der Waals surface area contributed by atoms with E-state index in [2.05, 4.69) is 10.4 Å². The summed E-state index contributed by atoms with van der Waals surface area (Å²) in [4.78, 5) is 4.15. The smallest absolute Gasteiger partial charge is 0.0717 e. The summed E-state index contributed by atoms with van der Waals surface area (Å²) in [5.74, 6) is 4.72. The largest absolute Gasteiger partial charge is 0.380 e. The Balaban J connectivity index is 3.09. The van der Waals surface area contributed by atoms with Gasteiger partial charge in [0.05, 0.1) is 6.10 Å². The lowest BCUT2D eigenvalue weighted by atomic mass is 10.3. The third-order valence-electron chi connectivity index (χ3n) is 1.18. The normalized spacial score (nSPS) is 13.7. The average molecular weight is 134 g/mol. The van der Waals surface area contributed by atoms with Crippen molar-refractivity contribution < 1.29 is 9.68 Å². The van der Waals surface area contributed by atoms with Gasteiger partial charge in [0.2, 0.25) is 0 Å². The van der Waals surface area contributed by atoms with E-state index in [1.54, 1.807) is 7.11 Å². The maximum absolute atomic E-state index is 5.00. The zero-order valence-corrected chi connectivity index (χ0v) is 5.89. The first-order valence-electron chi connectivity index (χ1n) is 2.96. The van der Waals surface area contributed by atoms with Crippen LogP contribution in [0, 0.1) is 0 Å². The van der Waals surface area contributed by atoms with Crippen LogP contribution in [0.5, 0.6) is 0 Å². The van der Waals surface area contributed by atoms with Gasteiger partial charge in [-0.3, -0.25) is 0 Å². The number of nitrogens with two attached hydrogens (primary N) is 1. The minimum Gasteiger partial charge on any atom is -0.380 e. The van der Waals surface area contributed by atoms with Crippen molar-refractivity contribution >= 4 is 0 Å². The molecule has 1 atom stereocenters. The zero-order valence-electron chi connectivity index (χ0n) is 5.89. The van der Waals surface area contributed by atoms with Crippen molar-refractivity contribution in [3.05, 3.63) is 0 Å². The Morgan fingerprint density at radius 2 is 2.33 bits per heavy atom. The molecule has 9 heavy (non-hydrogen) atoms. The number of ether oxygens (including phenoxy) is 1. The van der Waals surface area contributed by atoms with Gasteiger partial charge in [0.1, 0.15) is 0 Å². The standard InChI is InChI=1S/C5H14N2O2/c1-3-5(8-2)4-7-9-6/h5,7H,3-4,6H2,1-2H3. The van der Waals surface area contributed by atoms with Gasteiger partial charge in [-0.15, -0.1) is 0 Å². The third kappa shape index (κ3) is 4.35. The molecule has 56 valence electrons. The maximum Gasteiger partial charge on any atom is 0.0717 e. The maximum atomic E-state index is 5.00. The Kier molecular flexibility index (Phi) is 5.86. The molecule has 0 amide bonds. The van der Waals surface area contributed by atoms with Crippen molar-refractivity contribution in [1.82, 2.24) is 5.48 Å². The summed E-state index contributed by atoms with van der Waals surface area (Å²) in [5, 5.41) is 0. The van der Waals surface area contributed by atoms with Crippen LogP contribution in [0.4, 0.5) is 0 Å². The molecular formula is C5H14N2O2. The van der Waals surface area contributed by atoms with Crippen molar-refractivity contribution in [2.45, 2.75) is 19.4 Å². The molecule has 0 saturated heterocycles. The predicted octanol–water partition coefficient (Wildman–Crippen LogP) is -0.194. The third-order valence-corrected chi connectivity index (χ3v) is 1.18. The highest BCUT2D eigenvalue weighted by atomic mass is 16.8. The monoisotopic (exact) mass is 134 g/mol. The highest BCUT2D eigenvalue weighted by Gasteiger charge is 2.01. The van der Waals surface area contributed by atoms with E-state index in [9.17, 15) is 0 Å². The van der Waals surface area contributed by atoms with Gasteiger partial charge in [-0.1, -0.05) is 6.92 Å². The second kappa shape index (κ2) is 5.97. The molecule has 4 nitrogen and oxygen atoms in total. The van der Waals surface area contributed by atoms with Crippen LogP contribution in [0.2, 0.25) is 0 Å². The fourth-order valence-electron chi connectivity index (χ4n) is 0.535. The summed E-state index contributed by atoms with van der Waals surface area (Å²) in [6.07, 6.45) is 1.14. The minimum atomic E-state index is 0.188. The van der Waals surface area contributed by atoms with Gasteiger partial charge in [-0.25, -0.2) is 4.94 Å². The Morgan fingerprint density at radius 3 is 2.67 bits per heavy atom. The highest BCUT2D eigenvalue weighted by Crippen LogP contribution is 1.91. The lowest BCUT2D eigenvalue weighted by molar-refractivity contribution is -0.000259. The zero-order chi connectivity index (χ0) is 7.11. The molecule has 3 N–H and O–H groups in total. The second-order valence-corrected chi connectivity index (χ2v) is 1.73. The van der Waals surface area contributed by atoms with Gasteiger partial charge >= 0.3 is 0 Å². The Labute approximate surface area is 55.2 Å². The van der Waals surface area contributed by atoms with Crippen molar-refractivity contribution in [3.8, 4) is 0 Å². The molecular weight excluding hydrogens is 120 g/mol. The van der Waals surface area contributed by atoms with Crippen molar-refractivity contribution in [2.24, 2.45) is 5.90 Å². The predicted molar refractivity (Wildman–Crippen MR) is 34.4 cm³/mol. The molecule has 0 aliphatic rings. The van der Waals surface area contributed by atoms with E-state index >= 15 is 0 Å². The SMILES string of the molecule is CCC(CNON)OC. The quantitative estimate of drug-likeness (QED) is 0.511. The van der Waals surface area contributed by atoms with Crippen LogP contribution in [-0.4, -0.2) is 19.8 Å². The fourth-order valence-corrected chi connectivity index (χ4v) is 0.535. The Hall–Kier alpha value is -0.160. The Bertz CT molecular complexity index is 56.9. The molecule has 0 aliphatic heterocycles. The van der Waals surface area contributed by atoms with Crippen molar-refractivity contribution in [2.75, 3.05) is 13.7 Å². The molecule has 0 aromatic carbocycles. The van der Waals surface area contributed by atoms with E-state index in [1.807, 2.05) is 6.92 Å². The average Bonchev–Trinajstić information content (AvgIpc) is 1.91. The van der Waals surface area contributed by atoms with Crippen LogP contribution in [0.3, 0.4) is 0 Å². The fraction of sp³-hybridized carbons (Fsp3) is 1.00. The van der Waals surface area contributed by atoms with Crippen molar-refractivity contribution in [1.29, 1.82) is 0 Å². The van der Waals surface area contributed by atoms with E-state index in [0.29, 0.717) is 6.54 Å². The van der Waals surface area contributed by atoms with Crippen LogP contribution in [-0.2, 0) is 9.68 Å². The van der Waals surface area contributed by atoms with Gasteiger partial charge in [-0.05, 0) is 6.42 Å². The molecule has 0 aromatic heterocycles. The molecule has 0 radical (unpaired) electrons. The van der Waals surface area contributed by atoms with Gasteiger partial charge in [0, 0.05) is 13.7 Å². The molecule has 0 saturated carbocycles. The Morgan fingerprint density at radius 1 is 1.67 bits per heavy atom. The van der Waals surface area contributed by atoms with E-state index in [1.165, 1.54) is 0 Å². The number of hydrogen-bond donors (Lipinski definition) is 2. The second-order valence-electron chi connectivity index (χ2n) is 1.73. The van der Waals surface area contributed by atoms with Gasteiger partial charge in [0.15, 0.2) is 0 Å². The molecule has 1 unspecified atom stereocenters. The van der Waals surface area contributed by atoms with Crippen LogP contribution < -0.4 is 11.4 Å². The van der Waals surface area contributed by atoms with E-state index in [-0.39, 0.29) is 6.10 Å². The van der Waals surface area contributed by atoms with Gasteiger partial charge in [0.25, 0.3) is 0 Å². The first-order chi connectivity index (χ1) is 4.35. The van der Waals surface area contributed by atoms with E-state index in [0.717, 1.165) is 6.42 Å². The molecule has 0 spiro atoms. The molecule has 0 aliphatic carbocycles. The van der Waals surface area contributed by atoms with Crippen LogP contribution in [0.25, 0.3) is 0 Å². The summed E-state index contributed by atoms with van der Waals surface area (Å²) in [6, 6.07) is 0. The van der Waals surface area contributed by atoms with Crippen LogP contribution >= 0.6 is 0 Å².